The molecule has 0 aromatic carbocycles. The molecule has 0 bridgehead atoms. The Morgan fingerprint density at radius 3 is 3.19 bits per heavy atom. The van der Waals surface area contributed by atoms with E-state index in [2.05, 4.69) is 21.9 Å². The molecule has 0 saturated carbocycles. The fraction of sp³-hybridized carbons (Fsp3) is 0.273. The Labute approximate surface area is 97.7 Å². The molecule has 0 saturated heterocycles. The van der Waals surface area contributed by atoms with E-state index in [1.807, 2.05) is 11.4 Å². The highest BCUT2D eigenvalue weighted by molar-refractivity contribution is 7.16. The van der Waals surface area contributed by atoms with Gasteiger partial charge in [0.25, 0.3) is 0 Å². The quantitative estimate of drug-likeness (QED) is 0.779. The van der Waals surface area contributed by atoms with Crippen LogP contribution < -0.4 is 5.32 Å². The second-order valence-electron chi connectivity index (χ2n) is 3.41. The summed E-state index contributed by atoms with van der Waals surface area (Å²) in [5.74, 6) is 0.771. The number of hydrogen-bond donors (Lipinski definition) is 2. The predicted octanol–water partition coefficient (Wildman–Crippen LogP) is 2.04. The molecule has 0 spiro atoms. The van der Waals surface area contributed by atoms with Gasteiger partial charge in [0.2, 0.25) is 0 Å². The molecule has 1 atom stereocenters. The number of anilines is 1. The van der Waals surface area contributed by atoms with Crippen molar-refractivity contribution >= 4 is 27.4 Å². The van der Waals surface area contributed by atoms with Crippen molar-refractivity contribution in [2.24, 2.45) is 0 Å². The van der Waals surface area contributed by atoms with Gasteiger partial charge in [-0.25, -0.2) is 9.97 Å². The van der Waals surface area contributed by atoms with Crippen molar-refractivity contribution in [2.75, 3.05) is 11.9 Å². The van der Waals surface area contributed by atoms with Crippen LogP contribution in [0.25, 0.3) is 10.2 Å². The summed E-state index contributed by atoms with van der Waals surface area (Å²) >= 11 is 1.58. The van der Waals surface area contributed by atoms with E-state index in [4.69, 9.17) is 0 Å². The van der Waals surface area contributed by atoms with Crippen LogP contribution in [-0.2, 0) is 0 Å². The van der Waals surface area contributed by atoms with Crippen LogP contribution in [0.4, 0.5) is 5.82 Å². The van der Waals surface area contributed by atoms with Gasteiger partial charge in [0.15, 0.2) is 0 Å². The second-order valence-corrected chi connectivity index (χ2v) is 4.30. The summed E-state index contributed by atoms with van der Waals surface area (Å²) in [4.78, 5) is 9.31. The Balaban J connectivity index is 2.25. The largest absolute Gasteiger partial charge is 0.394 e. The molecule has 0 aliphatic carbocycles. The number of hydrogen-bond acceptors (Lipinski definition) is 5. The summed E-state index contributed by atoms with van der Waals surface area (Å²) in [6, 6.07) is 1.93. The third-order valence-electron chi connectivity index (χ3n) is 2.27. The molecular weight excluding hydrogens is 222 g/mol. The highest BCUT2D eigenvalue weighted by Gasteiger charge is 2.09. The van der Waals surface area contributed by atoms with Gasteiger partial charge in [-0.3, -0.25) is 0 Å². The van der Waals surface area contributed by atoms with Gasteiger partial charge in [-0.2, -0.15) is 0 Å². The normalized spacial score (nSPS) is 12.6. The van der Waals surface area contributed by atoms with Gasteiger partial charge in [0, 0.05) is 0 Å². The SMILES string of the molecule is C=CCC(CO)Nc1ncnc2sccc12. The van der Waals surface area contributed by atoms with Crippen molar-refractivity contribution in [1.29, 1.82) is 0 Å². The fourth-order valence-corrected chi connectivity index (χ4v) is 2.21. The molecule has 2 N–H and O–H groups in total. The van der Waals surface area contributed by atoms with E-state index in [0.717, 1.165) is 16.0 Å². The highest BCUT2D eigenvalue weighted by atomic mass is 32.1. The van der Waals surface area contributed by atoms with Crippen LogP contribution in [0.15, 0.2) is 30.4 Å². The van der Waals surface area contributed by atoms with Crippen LogP contribution in [0, 0.1) is 0 Å². The Morgan fingerprint density at radius 1 is 1.56 bits per heavy atom. The predicted molar refractivity (Wildman–Crippen MR) is 66.7 cm³/mol. The van der Waals surface area contributed by atoms with E-state index in [1.54, 1.807) is 17.4 Å². The lowest BCUT2D eigenvalue weighted by molar-refractivity contribution is 0.275. The summed E-state index contributed by atoms with van der Waals surface area (Å²) in [6.45, 7) is 3.72. The first-order valence-electron chi connectivity index (χ1n) is 5.01. The van der Waals surface area contributed by atoms with Gasteiger partial charge in [0.1, 0.15) is 17.0 Å². The molecule has 0 fully saturated rings. The van der Waals surface area contributed by atoms with Gasteiger partial charge >= 0.3 is 0 Å². The Kier molecular flexibility index (Phi) is 3.48. The minimum Gasteiger partial charge on any atom is -0.394 e. The van der Waals surface area contributed by atoms with Crippen molar-refractivity contribution in [3.8, 4) is 0 Å². The summed E-state index contributed by atoms with van der Waals surface area (Å²) in [7, 11) is 0. The van der Waals surface area contributed by atoms with E-state index in [-0.39, 0.29) is 12.6 Å². The molecular formula is C11H13N3OS. The molecule has 2 aromatic heterocycles. The second kappa shape index (κ2) is 5.05. The van der Waals surface area contributed by atoms with E-state index < -0.39 is 0 Å². The first-order valence-corrected chi connectivity index (χ1v) is 5.89. The minimum atomic E-state index is -0.0458. The number of aliphatic hydroxyl groups excluding tert-OH is 1. The summed E-state index contributed by atoms with van der Waals surface area (Å²) in [6.07, 6.45) is 4.01. The zero-order chi connectivity index (χ0) is 11.4. The molecule has 0 radical (unpaired) electrons. The molecule has 2 heterocycles. The molecule has 2 aromatic rings. The van der Waals surface area contributed by atoms with Crippen LogP contribution in [0.2, 0.25) is 0 Å². The van der Waals surface area contributed by atoms with Gasteiger partial charge in [0.05, 0.1) is 18.0 Å². The third-order valence-corrected chi connectivity index (χ3v) is 3.09. The molecule has 5 heteroatoms. The maximum atomic E-state index is 9.19. The molecule has 2 rings (SSSR count). The molecule has 0 amide bonds. The maximum Gasteiger partial charge on any atom is 0.138 e. The van der Waals surface area contributed by atoms with E-state index in [0.29, 0.717) is 6.42 Å². The number of aromatic nitrogens is 2. The van der Waals surface area contributed by atoms with Crippen LogP contribution in [0.1, 0.15) is 6.42 Å². The van der Waals surface area contributed by atoms with Crippen molar-refractivity contribution in [1.82, 2.24) is 9.97 Å². The van der Waals surface area contributed by atoms with Gasteiger partial charge in [-0.15, -0.1) is 17.9 Å². The van der Waals surface area contributed by atoms with Crippen molar-refractivity contribution in [3.05, 3.63) is 30.4 Å². The summed E-state index contributed by atoms with van der Waals surface area (Å²) in [5.41, 5.74) is 0. The zero-order valence-corrected chi connectivity index (χ0v) is 9.57. The van der Waals surface area contributed by atoms with E-state index in [9.17, 15) is 5.11 Å². The first-order chi connectivity index (χ1) is 7.85. The van der Waals surface area contributed by atoms with Gasteiger partial charge in [-0.05, 0) is 17.9 Å². The monoisotopic (exact) mass is 235 g/mol. The van der Waals surface area contributed by atoms with Crippen LogP contribution in [0.3, 0.4) is 0 Å². The molecule has 1 unspecified atom stereocenters. The molecule has 16 heavy (non-hydrogen) atoms. The molecule has 0 aliphatic heterocycles. The number of rotatable bonds is 5. The average molecular weight is 235 g/mol. The average Bonchev–Trinajstić information content (AvgIpc) is 2.77. The summed E-state index contributed by atoms with van der Waals surface area (Å²) in [5, 5.41) is 15.4. The number of nitrogens with zero attached hydrogens (tertiary/aromatic N) is 2. The van der Waals surface area contributed by atoms with Crippen molar-refractivity contribution in [2.45, 2.75) is 12.5 Å². The van der Waals surface area contributed by atoms with Crippen molar-refractivity contribution in [3.63, 3.8) is 0 Å². The lowest BCUT2D eigenvalue weighted by atomic mass is 10.2. The maximum absolute atomic E-state index is 9.19. The molecule has 84 valence electrons. The van der Waals surface area contributed by atoms with Gasteiger partial charge in [-0.1, -0.05) is 6.08 Å². The highest BCUT2D eigenvalue weighted by Crippen LogP contribution is 2.24. The van der Waals surface area contributed by atoms with Crippen molar-refractivity contribution < 1.29 is 5.11 Å². The van der Waals surface area contributed by atoms with Gasteiger partial charge < -0.3 is 10.4 Å². The lowest BCUT2D eigenvalue weighted by Gasteiger charge is -2.15. The number of fused-ring (bicyclic) bond motifs is 1. The smallest absolute Gasteiger partial charge is 0.138 e. The van der Waals surface area contributed by atoms with E-state index >= 15 is 0 Å². The van der Waals surface area contributed by atoms with Crippen LogP contribution >= 0.6 is 11.3 Å². The summed E-state index contributed by atoms with van der Waals surface area (Å²) < 4.78 is 0. The number of aliphatic hydroxyl groups is 1. The van der Waals surface area contributed by atoms with E-state index in [1.165, 1.54) is 6.33 Å². The number of nitrogens with one attached hydrogen (secondary N) is 1. The Morgan fingerprint density at radius 2 is 2.44 bits per heavy atom. The Hall–Kier alpha value is -1.46. The molecule has 0 aliphatic rings. The standard InChI is InChI=1S/C11H13N3OS/c1-2-3-8(6-15)14-10-9-4-5-16-11(9)13-7-12-10/h2,4-5,7-8,15H,1,3,6H2,(H,12,13,14). The van der Waals surface area contributed by atoms with Crippen LogP contribution in [0.5, 0.6) is 0 Å². The molecule has 4 nitrogen and oxygen atoms in total. The third kappa shape index (κ3) is 2.20. The lowest BCUT2D eigenvalue weighted by Crippen LogP contribution is -2.23. The fourth-order valence-electron chi connectivity index (χ4n) is 1.48. The number of thiophene rings is 1. The minimum absolute atomic E-state index is 0.0458. The zero-order valence-electron chi connectivity index (χ0n) is 8.76. The topological polar surface area (TPSA) is 58.0 Å². The Bertz CT molecular complexity index is 483. The van der Waals surface area contributed by atoms with Crippen LogP contribution in [-0.4, -0.2) is 27.7 Å². The first kappa shape index (κ1) is 11.0.